The van der Waals surface area contributed by atoms with Crippen molar-refractivity contribution in [3.63, 3.8) is 0 Å². The van der Waals surface area contributed by atoms with Crippen LogP contribution in [0.1, 0.15) is 58.3 Å². The van der Waals surface area contributed by atoms with Crippen LogP contribution >= 0.6 is 0 Å². The van der Waals surface area contributed by atoms with Gasteiger partial charge in [-0.05, 0) is 39.8 Å². The van der Waals surface area contributed by atoms with E-state index >= 15 is 0 Å². The summed E-state index contributed by atoms with van der Waals surface area (Å²) in [6, 6.07) is 0.642. The molecule has 0 radical (unpaired) electrons. The van der Waals surface area contributed by atoms with Crippen LogP contribution in [0.4, 0.5) is 0 Å². The largest absolute Gasteiger partial charge is 0.450 e. The van der Waals surface area contributed by atoms with Crippen LogP contribution < -0.4 is 5.32 Å². The first-order valence-corrected chi connectivity index (χ1v) is 12.9. The van der Waals surface area contributed by atoms with E-state index < -0.39 is 21.6 Å². The molecular formula is C21H35N3O5S. The molecule has 1 N–H and O–H groups in total. The zero-order chi connectivity index (χ0) is 21.9. The van der Waals surface area contributed by atoms with Crippen LogP contribution in [0.15, 0.2) is 11.1 Å². The highest BCUT2D eigenvalue weighted by Crippen LogP contribution is 2.41. The third kappa shape index (κ3) is 5.06. The van der Waals surface area contributed by atoms with Crippen LogP contribution in [0.25, 0.3) is 0 Å². The van der Waals surface area contributed by atoms with Crippen molar-refractivity contribution in [2.24, 2.45) is 0 Å². The molecule has 2 aliphatic heterocycles. The van der Waals surface area contributed by atoms with Crippen molar-refractivity contribution in [2.75, 3.05) is 39.5 Å². The number of sulfonamides is 1. The first-order chi connectivity index (χ1) is 14.1. The molecule has 0 aromatic rings. The van der Waals surface area contributed by atoms with Crippen LogP contribution in [0.5, 0.6) is 0 Å². The molecule has 0 bridgehead atoms. The Morgan fingerprint density at radius 1 is 1.23 bits per heavy atom. The number of carbonyl (C=O) groups excluding carboxylic acids is 2. The van der Waals surface area contributed by atoms with Gasteiger partial charge in [0.25, 0.3) is 5.91 Å². The highest BCUT2D eigenvalue weighted by Gasteiger charge is 2.51. The zero-order valence-electron chi connectivity index (χ0n) is 18.4. The summed E-state index contributed by atoms with van der Waals surface area (Å²) in [6.45, 7) is 3.55. The summed E-state index contributed by atoms with van der Waals surface area (Å²) in [5, 5.41) is 2.96. The van der Waals surface area contributed by atoms with E-state index in [2.05, 4.69) is 17.3 Å². The molecule has 170 valence electrons. The number of carbonyl (C=O) groups is 2. The Morgan fingerprint density at radius 2 is 1.87 bits per heavy atom. The Morgan fingerprint density at radius 3 is 2.47 bits per heavy atom. The van der Waals surface area contributed by atoms with Gasteiger partial charge in [0.1, 0.15) is 5.60 Å². The van der Waals surface area contributed by atoms with Gasteiger partial charge in [-0.3, -0.25) is 4.79 Å². The third-order valence-corrected chi connectivity index (χ3v) is 8.13. The van der Waals surface area contributed by atoms with Crippen molar-refractivity contribution in [1.82, 2.24) is 14.5 Å². The maximum Gasteiger partial charge on any atom is 0.335 e. The number of ether oxygens (including phenoxy) is 1. The first kappa shape index (κ1) is 23.2. The Labute approximate surface area is 180 Å². The lowest BCUT2D eigenvalue weighted by Crippen LogP contribution is -2.50. The second kappa shape index (κ2) is 9.36. The van der Waals surface area contributed by atoms with Gasteiger partial charge in [-0.1, -0.05) is 19.3 Å². The first-order valence-electron chi connectivity index (χ1n) is 11.0. The average molecular weight is 442 g/mol. The number of amides is 1. The van der Waals surface area contributed by atoms with E-state index in [-0.39, 0.29) is 19.0 Å². The SMILES string of the molecule is CC1=C(C(=O)NCCCN(C)C2CCCCC2)C2(CCN(S(C)(=O)=O)CC2)OC1=O. The van der Waals surface area contributed by atoms with E-state index in [9.17, 15) is 18.0 Å². The van der Waals surface area contributed by atoms with Crippen LogP contribution in [0.2, 0.25) is 0 Å². The normalized spacial score (nSPS) is 23.3. The maximum atomic E-state index is 13.0. The van der Waals surface area contributed by atoms with Crippen molar-refractivity contribution in [1.29, 1.82) is 0 Å². The molecule has 3 aliphatic rings. The van der Waals surface area contributed by atoms with Crippen LogP contribution in [0.3, 0.4) is 0 Å². The van der Waals surface area contributed by atoms with Gasteiger partial charge in [0.15, 0.2) is 0 Å². The van der Waals surface area contributed by atoms with Crippen LogP contribution in [0, 0.1) is 0 Å². The Balaban J connectivity index is 1.55. The number of nitrogens with one attached hydrogen (secondary N) is 1. The molecule has 2 heterocycles. The monoisotopic (exact) mass is 441 g/mol. The molecule has 9 heteroatoms. The predicted octanol–water partition coefficient (Wildman–Crippen LogP) is 1.42. The summed E-state index contributed by atoms with van der Waals surface area (Å²) < 4.78 is 30.6. The lowest BCUT2D eigenvalue weighted by molar-refractivity contribution is -0.150. The number of piperidine rings is 1. The highest BCUT2D eigenvalue weighted by molar-refractivity contribution is 7.88. The van der Waals surface area contributed by atoms with Gasteiger partial charge in [-0.2, -0.15) is 0 Å². The van der Waals surface area contributed by atoms with Gasteiger partial charge in [-0.25, -0.2) is 17.5 Å². The molecular weight excluding hydrogens is 406 g/mol. The molecule has 0 atom stereocenters. The number of hydrogen-bond acceptors (Lipinski definition) is 6. The lowest BCUT2D eigenvalue weighted by atomic mass is 9.83. The van der Waals surface area contributed by atoms with Crippen molar-refractivity contribution < 1.29 is 22.7 Å². The highest BCUT2D eigenvalue weighted by atomic mass is 32.2. The van der Waals surface area contributed by atoms with Gasteiger partial charge in [0, 0.05) is 44.1 Å². The van der Waals surface area contributed by atoms with E-state index in [0.29, 0.717) is 36.6 Å². The Hall–Kier alpha value is -1.45. The van der Waals surface area contributed by atoms with Gasteiger partial charge in [0.05, 0.1) is 11.8 Å². The Kier molecular flexibility index (Phi) is 7.24. The topological polar surface area (TPSA) is 96.0 Å². The van der Waals surface area contributed by atoms with Crippen LogP contribution in [-0.2, 0) is 24.3 Å². The fourth-order valence-corrected chi connectivity index (χ4v) is 5.83. The molecule has 1 aliphatic carbocycles. The standard InChI is InChI=1S/C21H35N3O5S/c1-16-18(19(25)22-12-7-13-23(2)17-8-5-4-6-9-17)21(29-20(16)26)10-14-24(15-11-21)30(3,27)28/h17H,4-15H2,1-3H3,(H,22,25). The van der Waals surface area contributed by atoms with E-state index in [1.807, 2.05) is 0 Å². The van der Waals surface area contributed by atoms with E-state index in [0.717, 1.165) is 13.0 Å². The summed E-state index contributed by atoms with van der Waals surface area (Å²) >= 11 is 0. The molecule has 1 spiro atoms. The Bertz CT molecular complexity index is 793. The minimum atomic E-state index is -3.30. The van der Waals surface area contributed by atoms with Crippen molar-refractivity contribution >= 4 is 21.9 Å². The fourth-order valence-electron chi connectivity index (χ4n) is 4.98. The van der Waals surface area contributed by atoms with Crippen LogP contribution in [-0.4, -0.2) is 80.6 Å². The fraction of sp³-hybridized carbons (Fsp3) is 0.810. The molecule has 30 heavy (non-hydrogen) atoms. The lowest BCUT2D eigenvalue weighted by Gasteiger charge is -2.38. The van der Waals surface area contributed by atoms with Gasteiger partial charge < -0.3 is 15.0 Å². The van der Waals surface area contributed by atoms with E-state index in [4.69, 9.17) is 4.74 Å². The summed E-state index contributed by atoms with van der Waals surface area (Å²) in [4.78, 5) is 27.6. The second-order valence-corrected chi connectivity index (χ2v) is 10.9. The number of hydrogen-bond donors (Lipinski definition) is 1. The minimum absolute atomic E-state index is 0.238. The van der Waals surface area contributed by atoms with E-state index in [1.165, 1.54) is 42.7 Å². The molecule has 2 fully saturated rings. The predicted molar refractivity (Wildman–Crippen MR) is 114 cm³/mol. The van der Waals surface area contributed by atoms with Gasteiger partial charge in [-0.15, -0.1) is 0 Å². The molecule has 1 saturated carbocycles. The quantitative estimate of drug-likeness (QED) is 0.474. The number of nitrogens with zero attached hydrogens (tertiary/aromatic N) is 2. The third-order valence-electron chi connectivity index (χ3n) is 6.82. The van der Waals surface area contributed by atoms with Gasteiger partial charge >= 0.3 is 5.97 Å². The number of rotatable bonds is 7. The average Bonchev–Trinajstić information content (AvgIpc) is 2.94. The van der Waals surface area contributed by atoms with E-state index in [1.54, 1.807) is 6.92 Å². The molecule has 0 aromatic carbocycles. The molecule has 0 aromatic heterocycles. The molecule has 1 saturated heterocycles. The molecule has 1 amide bonds. The number of esters is 1. The van der Waals surface area contributed by atoms with Crippen molar-refractivity contribution in [3.05, 3.63) is 11.1 Å². The van der Waals surface area contributed by atoms with Crippen molar-refractivity contribution in [2.45, 2.75) is 69.9 Å². The molecule has 3 rings (SSSR count). The molecule has 0 unspecified atom stereocenters. The smallest absolute Gasteiger partial charge is 0.335 e. The summed E-state index contributed by atoms with van der Waals surface area (Å²) in [6.07, 6.45) is 9.05. The minimum Gasteiger partial charge on any atom is -0.450 e. The maximum absolute atomic E-state index is 13.0. The summed E-state index contributed by atoms with van der Waals surface area (Å²) in [5.41, 5.74) is -0.299. The molecule has 8 nitrogen and oxygen atoms in total. The van der Waals surface area contributed by atoms with Crippen molar-refractivity contribution in [3.8, 4) is 0 Å². The second-order valence-electron chi connectivity index (χ2n) is 8.93. The summed E-state index contributed by atoms with van der Waals surface area (Å²) in [7, 11) is -1.15. The zero-order valence-corrected chi connectivity index (χ0v) is 19.2. The van der Waals surface area contributed by atoms with Gasteiger partial charge in [0.2, 0.25) is 10.0 Å². The summed E-state index contributed by atoms with van der Waals surface area (Å²) in [5.74, 6) is -0.753.